The van der Waals surface area contributed by atoms with Crippen LogP contribution >= 0.6 is 24.2 Å². The zero-order valence-electron chi connectivity index (χ0n) is 14.5. The summed E-state index contributed by atoms with van der Waals surface area (Å²) in [6.07, 6.45) is 4.47. The molecule has 1 amide bonds. The van der Waals surface area contributed by atoms with Gasteiger partial charge < -0.3 is 15.2 Å². The highest BCUT2D eigenvalue weighted by molar-refractivity contribution is 7.99. The van der Waals surface area contributed by atoms with Crippen molar-refractivity contribution in [2.24, 2.45) is 0 Å². The van der Waals surface area contributed by atoms with E-state index < -0.39 is 10.0 Å². The Morgan fingerprint density at radius 1 is 1.15 bits per heavy atom. The third-order valence-corrected chi connectivity index (χ3v) is 8.20. The molecule has 0 aliphatic carbocycles. The number of carbonyl (C=O) groups excluding carboxylic acids is 1. The molecule has 3 aliphatic heterocycles. The number of thioether (sulfide) groups is 1. The minimum absolute atomic E-state index is 0. The Balaban J connectivity index is 0.00000196. The number of nitrogens with one attached hydrogen (secondary N) is 2. The van der Waals surface area contributed by atoms with Crippen LogP contribution in [0.5, 0.6) is 0 Å². The second-order valence-electron chi connectivity index (χ2n) is 6.86. The minimum Gasteiger partial charge on any atom is -0.356 e. The van der Waals surface area contributed by atoms with Crippen LogP contribution in [0.25, 0.3) is 0 Å². The minimum atomic E-state index is -3.52. The maximum atomic E-state index is 13.0. The highest BCUT2D eigenvalue weighted by Gasteiger charge is 2.39. The molecule has 2 bridgehead atoms. The highest BCUT2D eigenvalue weighted by atomic mass is 35.5. The van der Waals surface area contributed by atoms with E-state index in [9.17, 15) is 13.2 Å². The molecule has 3 saturated heterocycles. The summed E-state index contributed by atoms with van der Waals surface area (Å²) in [6, 6.07) is 1.98. The summed E-state index contributed by atoms with van der Waals surface area (Å²) in [6.45, 7) is 2.81. The number of carbonyl (C=O) groups is 1. The van der Waals surface area contributed by atoms with E-state index in [0.29, 0.717) is 18.8 Å². The summed E-state index contributed by atoms with van der Waals surface area (Å²) < 4.78 is 27.0. The topological polar surface area (TPSA) is 85.5 Å². The van der Waals surface area contributed by atoms with Crippen molar-refractivity contribution in [2.75, 3.05) is 37.7 Å². The van der Waals surface area contributed by atoms with Gasteiger partial charge >= 0.3 is 0 Å². The first kappa shape index (κ1) is 20.0. The van der Waals surface area contributed by atoms with E-state index in [1.807, 2.05) is 4.90 Å². The van der Waals surface area contributed by atoms with E-state index in [0.717, 1.165) is 43.9 Å². The fourth-order valence-electron chi connectivity index (χ4n) is 4.04. The molecule has 3 aliphatic rings. The molecule has 1 aromatic rings. The van der Waals surface area contributed by atoms with Gasteiger partial charge in [-0.25, -0.2) is 8.42 Å². The molecule has 4 rings (SSSR count). The number of H-pyrrole nitrogens is 1. The number of sulfonamides is 1. The van der Waals surface area contributed by atoms with Gasteiger partial charge in [-0.2, -0.15) is 16.1 Å². The van der Waals surface area contributed by atoms with Crippen LogP contribution in [-0.2, 0) is 10.0 Å². The molecule has 2 atom stereocenters. The Morgan fingerprint density at radius 2 is 1.88 bits per heavy atom. The quantitative estimate of drug-likeness (QED) is 0.765. The van der Waals surface area contributed by atoms with Gasteiger partial charge in [0.15, 0.2) is 0 Å². The van der Waals surface area contributed by atoms with Crippen LogP contribution in [0.2, 0.25) is 0 Å². The van der Waals surface area contributed by atoms with Crippen molar-refractivity contribution >= 4 is 40.1 Å². The van der Waals surface area contributed by atoms with Crippen LogP contribution in [0.1, 0.15) is 29.8 Å². The molecule has 3 fully saturated rings. The number of aromatic amines is 1. The van der Waals surface area contributed by atoms with Crippen LogP contribution in [0, 0.1) is 0 Å². The average Bonchev–Trinajstić information content (AvgIpc) is 3.19. The number of aromatic nitrogens is 1. The standard InChI is InChI=1S/C16H24N4O3S2.ClH/c21-16(20-12-1-2-13(20)10-17-4-3-12)15-9-14(11-18-15)25(22,23)19-5-7-24-8-6-19;/h9,11-13,17-18H,1-8,10H2;1H. The second-order valence-corrected chi connectivity index (χ2v) is 10.0. The van der Waals surface area contributed by atoms with Gasteiger partial charge in [-0.05, 0) is 31.9 Å². The molecule has 1 aromatic heterocycles. The number of rotatable bonds is 3. The number of halogens is 1. The van der Waals surface area contributed by atoms with Crippen molar-refractivity contribution in [2.45, 2.75) is 36.2 Å². The van der Waals surface area contributed by atoms with E-state index in [1.54, 1.807) is 11.8 Å². The number of hydrogen-bond donors (Lipinski definition) is 2. The lowest BCUT2D eigenvalue weighted by atomic mass is 10.1. The van der Waals surface area contributed by atoms with E-state index >= 15 is 0 Å². The maximum absolute atomic E-state index is 13.0. The lowest BCUT2D eigenvalue weighted by Crippen LogP contribution is -2.42. The number of fused-ring (bicyclic) bond motifs is 2. The van der Waals surface area contributed by atoms with Crippen molar-refractivity contribution in [1.82, 2.24) is 19.5 Å². The molecule has 0 radical (unpaired) electrons. The summed E-state index contributed by atoms with van der Waals surface area (Å²) in [5.41, 5.74) is 0.378. The van der Waals surface area contributed by atoms with Crippen molar-refractivity contribution in [3.63, 3.8) is 0 Å². The van der Waals surface area contributed by atoms with Gasteiger partial charge in [-0.3, -0.25) is 4.79 Å². The van der Waals surface area contributed by atoms with Gasteiger partial charge in [-0.15, -0.1) is 12.4 Å². The first-order valence-electron chi connectivity index (χ1n) is 8.87. The summed E-state index contributed by atoms with van der Waals surface area (Å²) in [4.78, 5) is 18.1. The van der Waals surface area contributed by atoms with Crippen molar-refractivity contribution in [3.05, 3.63) is 18.0 Å². The smallest absolute Gasteiger partial charge is 0.270 e. The van der Waals surface area contributed by atoms with E-state index in [-0.39, 0.29) is 35.3 Å². The van der Waals surface area contributed by atoms with Gasteiger partial charge in [0.25, 0.3) is 5.91 Å². The Bertz CT molecular complexity index is 734. The number of amides is 1. The molecule has 0 spiro atoms. The van der Waals surface area contributed by atoms with E-state index in [4.69, 9.17) is 0 Å². The highest BCUT2D eigenvalue weighted by Crippen LogP contribution is 2.30. The first-order chi connectivity index (χ1) is 12.1. The fourth-order valence-corrected chi connectivity index (χ4v) is 6.61. The molecule has 7 nitrogen and oxygen atoms in total. The lowest BCUT2D eigenvalue weighted by molar-refractivity contribution is 0.0675. The normalized spacial score (nSPS) is 27.0. The van der Waals surface area contributed by atoms with Crippen LogP contribution in [0.15, 0.2) is 17.2 Å². The van der Waals surface area contributed by atoms with Gasteiger partial charge in [0, 0.05) is 49.4 Å². The summed E-state index contributed by atoms with van der Waals surface area (Å²) in [5, 5.41) is 3.38. The Morgan fingerprint density at radius 3 is 2.65 bits per heavy atom. The van der Waals surface area contributed by atoms with Crippen molar-refractivity contribution < 1.29 is 13.2 Å². The first-order valence-corrected chi connectivity index (χ1v) is 11.5. The molecule has 0 aromatic carbocycles. The monoisotopic (exact) mass is 420 g/mol. The van der Waals surface area contributed by atoms with Gasteiger partial charge in [0.05, 0.1) is 0 Å². The van der Waals surface area contributed by atoms with Gasteiger partial charge in [-0.1, -0.05) is 0 Å². The SMILES string of the molecule is Cl.O=C(c1cc(S(=O)(=O)N2CCSCC2)c[nH]1)N1C2CCNCC1CC2. The third-order valence-electron chi connectivity index (χ3n) is 5.38. The molecule has 10 heteroatoms. The molecular formula is C16H25ClN4O3S2. The molecule has 2 unspecified atom stereocenters. The number of hydrogen-bond acceptors (Lipinski definition) is 5. The predicted octanol–water partition coefficient (Wildman–Crippen LogP) is 1.14. The van der Waals surface area contributed by atoms with Crippen LogP contribution < -0.4 is 5.32 Å². The second kappa shape index (κ2) is 8.10. The predicted molar refractivity (Wildman–Crippen MR) is 105 cm³/mol. The summed E-state index contributed by atoms with van der Waals surface area (Å²) in [5.74, 6) is 1.56. The molecule has 2 N–H and O–H groups in total. The zero-order chi connectivity index (χ0) is 17.4. The molecule has 146 valence electrons. The average molecular weight is 421 g/mol. The Kier molecular flexibility index (Phi) is 6.23. The summed E-state index contributed by atoms with van der Waals surface area (Å²) >= 11 is 1.77. The van der Waals surface area contributed by atoms with Crippen LogP contribution in [-0.4, -0.2) is 78.3 Å². The molecule has 0 saturated carbocycles. The van der Waals surface area contributed by atoms with E-state index in [1.165, 1.54) is 16.6 Å². The molecule has 26 heavy (non-hydrogen) atoms. The largest absolute Gasteiger partial charge is 0.356 e. The third kappa shape index (κ3) is 3.64. The number of nitrogens with zero attached hydrogens (tertiary/aromatic N) is 2. The summed E-state index contributed by atoms with van der Waals surface area (Å²) in [7, 11) is -3.52. The van der Waals surface area contributed by atoms with Gasteiger partial charge in [0.2, 0.25) is 10.0 Å². The van der Waals surface area contributed by atoms with Crippen LogP contribution in [0.3, 0.4) is 0 Å². The van der Waals surface area contributed by atoms with Crippen molar-refractivity contribution in [3.8, 4) is 0 Å². The lowest BCUT2D eigenvalue weighted by Gasteiger charge is -2.27. The van der Waals surface area contributed by atoms with Crippen LogP contribution in [0.4, 0.5) is 0 Å². The Labute approximate surface area is 164 Å². The van der Waals surface area contributed by atoms with Gasteiger partial charge in [0.1, 0.15) is 10.6 Å². The zero-order valence-corrected chi connectivity index (χ0v) is 17.0. The molecule has 4 heterocycles. The van der Waals surface area contributed by atoms with Crippen molar-refractivity contribution in [1.29, 1.82) is 0 Å². The van der Waals surface area contributed by atoms with E-state index in [2.05, 4.69) is 10.3 Å². The Hall–Kier alpha value is -0.740. The maximum Gasteiger partial charge on any atom is 0.270 e. The molecular weight excluding hydrogens is 396 g/mol. The fraction of sp³-hybridized carbons (Fsp3) is 0.688.